The molecule has 4 rings (SSSR count). The van der Waals surface area contributed by atoms with Gasteiger partial charge in [-0.1, -0.05) is 6.42 Å². The zero-order valence-corrected chi connectivity index (χ0v) is 15.8. The molecule has 154 valence electrons. The van der Waals surface area contributed by atoms with Crippen LogP contribution in [0.2, 0.25) is 0 Å². The number of nitrogens with one attached hydrogen (secondary N) is 1. The van der Waals surface area contributed by atoms with Gasteiger partial charge in [0.15, 0.2) is 0 Å². The highest BCUT2D eigenvalue weighted by atomic mass is 19.1. The molecule has 1 aliphatic heterocycles. The molecule has 1 saturated heterocycles. The number of carbonyl (C=O) groups excluding carboxylic acids is 2. The molecule has 2 heterocycles. The van der Waals surface area contributed by atoms with Crippen LogP contribution in [0.15, 0.2) is 41.0 Å². The summed E-state index contributed by atoms with van der Waals surface area (Å²) in [7, 11) is 0. The third kappa shape index (κ3) is 3.76. The minimum atomic E-state index is -0.956. The highest BCUT2D eigenvalue weighted by Crippen LogP contribution is 2.41. The van der Waals surface area contributed by atoms with Gasteiger partial charge in [0.05, 0.1) is 25.0 Å². The highest BCUT2D eigenvalue weighted by Gasteiger charge is 2.53. The molecule has 1 aromatic heterocycles. The van der Waals surface area contributed by atoms with Crippen LogP contribution in [0.1, 0.15) is 48.2 Å². The minimum Gasteiger partial charge on any atom is -0.467 e. The van der Waals surface area contributed by atoms with Crippen molar-refractivity contribution in [2.24, 2.45) is 0 Å². The summed E-state index contributed by atoms with van der Waals surface area (Å²) in [5, 5.41) is 2.75. The van der Waals surface area contributed by atoms with Crippen molar-refractivity contribution in [3.63, 3.8) is 0 Å². The predicted molar refractivity (Wildman–Crippen MR) is 98.6 cm³/mol. The summed E-state index contributed by atoms with van der Waals surface area (Å²) in [4.78, 5) is 27.5. The van der Waals surface area contributed by atoms with Crippen molar-refractivity contribution in [3.05, 3.63) is 59.6 Å². The van der Waals surface area contributed by atoms with Crippen molar-refractivity contribution >= 4 is 11.8 Å². The zero-order valence-electron chi connectivity index (χ0n) is 15.8. The van der Waals surface area contributed by atoms with Gasteiger partial charge in [0, 0.05) is 6.07 Å². The number of halogens is 2. The molecule has 2 amide bonds. The van der Waals surface area contributed by atoms with E-state index in [1.54, 1.807) is 12.1 Å². The molecule has 1 N–H and O–H groups in total. The van der Waals surface area contributed by atoms with Crippen LogP contribution >= 0.6 is 0 Å². The van der Waals surface area contributed by atoms with E-state index in [4.69, 9.17) is 9.15 Å². The number of carbonyl (C=O) groups is 2. The Bertz CT molecular complexity index is 894. The molecule has 1 atom stereocenters. The number of furan rings is 1. The highest BCUT2D eigenvalue weighted by molar-refractivity contribution is 5.98. The molecule has 2 aromatic rings. The molecular formula is C21H22F2N2O4. The van der Waals surface area contributed by atoms with Gasteiger partial charge in [-0.15, -0.1) is 0 Å². The number of amides is 2. The fraction of sp³-hybridized carbons (Fsp3) is 0.429. The van der Waals surface area contributed by atoms with Gasteiger partial charge in [0.1, 0.15) is 29.2 Å². The average Bonchev–Trinajstić information content (AvgIpc) is 3.35. The maximum Gasteiger partial charge on any atom is 0.259 e. The van der Waals surface area contributed by atoms with Crippen LogP contribution in [0.4, 0.5) is 8.78 Å². The molecule has 6 nitrogen and oxygen atoms in total. The van der Waals surface area contributed by atoms with E-state index in [2.05, 4.69) is 5.32 Å². The minimum absolute atomic E-state index is 0.0263. The second-order valence-electron chi connectivity index (χ2n) is 7.43. The number of ether oxygens (including phenoxy) is 1. The van der Waals surface area contributed by atoms with Crippen LogP contribution in [0, 0.1) is 11.6 Å². The maximum absolute atomic E-state index is 14.3. The van der Waals surface area contributed by atoms with E-state index in [-0.39, 0.29) is 18.7 Å². The lowest BCUT2D eigenvalue weighted by atomic mass is 9.89. The number of hydrogen-bond acceptors (Lipinski definition) is 4. The van der Waals surface area contributed by atoms with Gasteiger partial charge in [-0.2, -0.15) is 0 Å². The molecule has 2 aliphatic rings. The molecule has 1 saturated carbocycles. The van der Waals surface area contributed by atoms with Crippen LogP contribution in [-0.4, -0.2) is 35.1 Å². The van der Waals surface area contributed by atoms with Crippen molar-refractivity contribution in [3.8, 4) is 0 Å². The van der Waals surface area contributed by atoms with E-state index < -0.39 is 35.2 Å². The summed E-state index contributed by atoms with van der Waals surface area (Å²) in [6, 6.07) is 5.35. The molecule has 0 radical (unpaired) electrons. The van der Waals surface area contributed by atoms with Crippen LogP contribution in [0.3, 0.4) is 0 Å². The molecule has 1 aromatic carbocycles. The van der Waals surface area contributed by atoms with E-state index in [1.807, 2.05) is 0 Å². The lowest BCUT2D eigenvalue weighted by Gasteiger charge is -2.41. The summed E-state index contributed by atoms with van der Waals surface area (Å²) in [5.41, 5.74) is -1.21. The molecule has 1 aliphatic carbocycles. The fourth-order valence-electron chi connectivity index (χ4n) is 4.17. The molecule has 2 fully saturated rings. The number of nitrogens with zero attached hydrogens (tertiary/aromatic N) is 1. The summed E-state index contributed by atoms with van der Waals surface area (Å²) < 4.78 is 38.9. The van der Waals surface area contributed by atoms with E-state index in [1.165, 1.54) is 11.2 Å². The number of rotatable bonds is 4. The first-order chi connectivity index (χ1) is 14.0. The largest absolute Gasteiger partial charge is 0.467 e. The van der Waals surface area contributed by atoms with E-state index in [9.17, 15) is 18.4 Å². The van der Waals surface area contributed by atoms with Crippen molar-refractivity contribution in [1.82, 2.24) is 10.2 Å². The van der Waals surface area contributed by atoms with Crippen molar-refractivity contribution in [1.29, 1.82) is 0 Å². The molecule has 1 spiro atoms. The second kappa shape index (κ2) is 7.94. The van der Waals surface area contributed by atoms with Gasteiger partial charge in [-0.05, 0) is 49.9 Å². The molecular weight excluding hydrogens is 382 g/mol. The lowest BCUT2D eigenvalue weighted by Crippen LogP contribution is -2.56. The first kappa shape index (κ1) is 19.6. The van der Waals surface area contributed by atoms with Gasteiger partial charge in [-0.3, -0.25) is 14.5 Å². The van der Waals surface area contributed by atoms with Gasteiger partial charge in [-0.25, -0.2) is 8.78 Å². The summed E-state index contributed by atoms with van der Waals surface area (Å²) in [6.07, 6.45) is 5.34. The quantitative estimate of drug-likeness (QED) is 0.848. The van der Waals surface area contributed by atoms with Crippen molar-refractivity contribution in [2.75, 3.05) is 6.61 Å². The van der Waals surface area contributed by atoms with Crippen molar-refractivity contribution < 1.29 is 27.5 Å². The summed E-state index contributed by atoms with van der Waals surface area (Å²) >= 11 is 0. The summed E-state index contributed by atoms with van der Waals surface area (Å²) in [5.74, 6) is -2.22. The van der Waals surface area contributed by atoms with E-state index in [0.29, 0.717) is 24.7 Å². The van der Waals surface area contributed by atoms with Crippen molar-refractivity contribution in [2.45, 2.75) is 50.4 Å². The smallest absolute Gasteiger partial charge is 0.259 e. The first-order valence-corrected chi connectivity index (χ1v) is 9.73. The monoisotopic (exact) mass is 404 g/mol. The Labute approximate surface area is 166 Å². The number of benzene rings is 1. The van der Waals surface area contributed by atoms with Gasteiger partial charge < -0.3 is 14.5 Å². The molecule has 8 heteroatoms. The first-order valence-electron chi connectivity index (χ1n) is 9.73. The van der Waals surface area contributed by atoms with Crippen LogP contribution < -0.4 is 5.32 Å². The Balaban J connectivity index is 1.61. The second-order valence-corrected chi connectivity index (χ2v) is 7.43. The molecule has 29 heavy (non-hydrogen) atoms. The summed E-state index contributed by atoms with van der Waals surface area (Å²) in [6.45, 7) is 0.195. The Kier molecular flexibility index (Phi) is 5.36. The Morgan fingerprint density at radius 1 is 1.17 bits per heavy atom. The van der Waals surface area contributed by atoms with Gasteiger partial charge in [0.25, 0.3) is 5.91 Å². The van der Waals surface area contributed by atoms with Crippen LogP contribution in [0.5, 0.6) is 0 Å². The van der Waals surface area contributed by atoms with Crippen LogP contribution in [0.25, 0.3) is 0 Å². The Hall–Kier alpha value is -2.74. The lowest BCUT2D eigenvalue weighted by molar-refractivity contribution is -0.127. The van der Waals surface area contributed by atoms with Gasteiger partial charge in [0.2, 0.25) is 5.91 Å². The maximum atomic E-state index is 14.3. The van der Waals surface area contributed by atoms with E-state index in [0.717, 1.165) is 31.4 Å². The van der Waals surface area contributed by atoms with E-state index >= 15 is 0 Å². The molecule has 0 bridgehead atoms. The SMILES string of the molecule is O=C(NCc1ccco1)C1COC2(CCCCC2)N1C(=O)c1ccc(F)cc1F. The Morgan fingerprint density at radius 2 is 1.97 bits per heavy atom. The predicted octanol–water partition coefficient (Wildman–Crippen LogP) is 3.38. The molecule has 1 unspecified atom stereocenters. The zero-order chi connectivity index (χ0) is 20.4. The Morgan fingerprint density at radius 3 is 2.66 bits per heavy atom. The van der Waals surface area contributed by atoms with Crippen LogP contribution in [-0.2, 0) is 16.1 Å². The third-order valence-electron chi connectivity index (χ3n) is 5.60. The standard InChI is InChI=1S/C21H22F2N2O4/c22-14-6-7-16(17(23)11-14)20(27)25-18(13-29-21(25)8-2-1-3-9-21)19(26)24-12-15-5-4-10-28-15/h4-7,10-11,18H,1-3,8-9,12-13H2,(H,24,26). The average molecular weight is 404 g/mol. The topological polar surface area (TPSA) is 71.8 Å². The fourth-order valence-corrected chi connectivity index (χ4v) is 4.17. The normalized spacial score (nSPS) is 20.8. The number of hydrogen-bond donors (Lipinski definition) is 1. The third-order valence-corrected chi connectivity index (χ3v) is 5.60. The van der Waals surface area contributed by atoms with Gasteiger partial charge >= 0.3 is 0 Å².